The molecule has 2 N–H and O–H groups in total. The van der Waals surface area contributed by atoms with Crippen LogP contribution in [0.3, 0.4) is 0 Å². The predicted octanol–water partition coefficient (Wildman–Crippen LogP) is 1.21. The van der Waals surface area contributed by atoms with Crippen LogP contribution in [0.1, 0.15) is 46.5 Å². The first-order chi connectivity index (χ1) is 9.18. The molecule has 6 nitrogen and oxygen atoms in total. The summed E-state index contributed by atoms with van der Waals surface area (Å²) >= 11 is 0. The number of carboxylic acids is 1. The molecule has 0 aromatic carbocycles. The molecule has 1 atom stereocenters. The lowest BCUT2D eigenvalue weighted by molar-refractivity contribution is -0.141. The number of unbranched alkanes of at least 4 members (excludes halogenated alkanes) is 2. The zero-order chi connectivity index (χ0) is 15.8. The van der Waals surface area contributed by atoms with Crippen molar-refractivity contribution >= 4 is 21.7 Å². The molecule has 0 aliphatic heterocycles. The summed E-state index contributed by atoms with van der Waals surface area (Å²) in [6.07, 6.45) is 2.50. The van der Waals surface area contributed by atoms with Gasteiger partial charge in [0.05, 0.1) is 5.75 Å². The van der Waals surface area contributed by atoms with E-state index in [2.05, 4.69) is 5.32 Å². The average molecular weight is 307 g/mol. The monoisotopic (exact) mass is 307 g/mol. The Morgan fingerprint density at radius 3 is 2.25 bits per heavy atom. The van der Waals surface area contributed by atoms with Crippen molar-refractivity contribution in [3.63, 3.8) is 0 Å². The molecule has 0 bridgehead atoms. The van der Waals surface area contributed by atoms with Crippen LogP contribution in [0.5, 0.6) is 0 Å². The summed E-state index contributed by atoms with van der Waals surface area (Å²) < 4.78 is 23.4. The highest BCUT2D eigenvalue weighted by Gasteiger charge is 2.24. The van der Waals surface area contributed by atoms with Crippen molar-refractivity contribution in [3.8, 4) is 0 Å². The molecule has 0 aliphatic carbocycles. The van der Waals surface area contributed by atoms with E-state index in [4.69, 9.17) is 5.11 Å². The molecular formula is C13H25NO5S. The number of carbonyl (C=O) groups excluding carboxylic acids is 1. The second kappa shape index (κ2) is 8.94. The molecule has 7 heteroatoms. The smallest absolute Gasteiger partial charge is 0.326 e. The molecule has 1 amide bonds. The fourth-order valence-electron chi connectivity index (χ4n) is 1.77. The minimum atomic E-state index is -3.46. The lowest BCUT2D eigenvalue weighted by atomic mass is 10.0. The van der Waals surface area contributed by atoms with Crippen LogP contribution in [-0.2, 0) is 19.4 Å². The van der Waals surface area contributed by atoms with Crippen molar-refractivity contribution in [1.82, 2.24) is 5.32 Å². The van der Waals surface area contributed by atoms with Gasteiger partial charge in [-0.3, -0.25) is 4.79 Å². The van der Waals surface area contributed by atoms with Crippen LogP contribution in [0.4, 0.5) is 0 Å². The maximum atomic E-state index is 11.7. The number of carbonyl (C=O) groups is 2. The molecule has 20 heavy (non-hydrogen) atoms. The Bertz CT molecular complexity index is 416. The van der Waals surface area contributed by atoms with Crippen LogP contribution in [0.2, 0.25) is 0 Å². The average Bonchev–Trinajstić information content (AvgIpc) is 2.26. The summed E-state index contributed by atoms with van der Waals surface area (Å²) in [4.78, 5) is 22.6. The van der Waals surface area contributed by atoms with Gasteiger partial charge in [-0.25, -0.2) is 13.2 Å². The number of hydrogen-bond donors (Lipinski definition) is 2. The standard InChI is InChI=1S/C13H25NO5S/c1-4-5-6-7-20(18,19)9-12(15)14-11(13(16)17)8-10(2)3/h10-11H,4-9H2,1-3H3,(H,14,15)(H,16,17)/t11-/m0/s1. The summed E-state index contributed by atoms with van der Waals surface area (Å²) in [5.41, 5.74) is 0. The van der Waals surface area contributed by atoms with Crippen LogP contribution < -0.4 is 5.32 Å². The quantitative estimate of drug-likeness (QED) is 0.591. The summed E-state index contributed by atoms with van der Waals surface area (Å²) in [7, 11) is -3.46. The van der Waals surface area contributed by atoms with Gasteiger partial charge >= 0.3 is 5.97 Å². The zero-order valence-electron chi connectivity index (χ0n) is 12.4. The first-order valence-electron chi connectivity index (χ1n) is 6.90. The fourth-order valence-corrected chi connectivity index (χ4v) is 3.04. The van der Waals surface area contributed by atoms with Crippen molar-refractivity contribution < 1.29 is 23.1 Å². The van der Waals surface area contributed by atoms with Crippen LogP contribution in [-0.4, -0.2) is 42.9 Å². The van der Waals surface area contributed by atoms with Gasteiger partial charge in [-0.2, -0.15) is 0 Å². The van der Waals surface area contributed by atoms with Gasteiger partial charge in [-0.05, 0) is 18.8 Å². The lowest BCUT2D eigenvalue weighted by Crippen LogP contribution is -2.44. The number of sulfone groups is 1. The highest BCUT2D eigenvalue weighted by Crippen LogP contribution is 2.06. The Morgan fingerprint density at radius 1 is 1.20 bits per heavy atom. The minimum absolute atomic E-state index is 0.0316. The minimum Gasteiger partial charge on any atom is -0.480 e. The van der Waals surface area contributed by atoms with Gasteiger partial charge in [0.25, 0.3) is 0 Å². The van der Waals surface area contributed by atoms with Gasteiger partial charge in [0, 0.05) is 0 Å². The third-order valence-corrected chi connectivity index (χ3v) is 4.36. The number of hydrogen-bond acceptors (Lipinski definition) is 4. The van der Waals surface area contributed by atoms with Gasteiger partial charge in [0.2, 0.25) is 5.91 Å². The molecule has 0 aliphatic rings. The highest BCUT2D eigenvalue weighted by molar-refractivity contribution is 7.92. The third-order valence-electron chi connectivity index (χ3n) is 2.75. The van der Waals surface area contributed by atoms with Crippen LogP contribution in [0.25, 0.3) is 0 Å². The lowest BCUT2D eigenvalue weighted by Gasteiger charge is -2.16. The SMILES string of the molecule is CCCCCS(=O)(=O)CC(=O)N[C@@H](CC(C)C)C(=O)O. The van der Waals surface area contributed by atoms with E-state index in [0.717, 1.165) is 12.8 Å². The summed E-state index contributed by atoms with van der Waals surface area (Å²) in [5.74, 6) is -2.46. The first-order valence-corrected chi connectivity index (χ1v) is 8.72. The molecule has 0 spiro atoms. The van der Waals surface area contributed by atoms with Crippen molar-refractivity contribution in [2.24, 2.45) is 5.92 Å². The molecule has 0 saturated carbocycles. The maximum absolute atomic E-state index is 11.7. The van der Waals surface area contributed by atoms with Crippen LogP contribution in [0, 0.1) is 5.92 Å². The first kappa shape index (κ1) is 18.9. The molecule has 0 rings (SSSR count). The molecule has 0 aromatic rings. The van der Waals surface area contributed by atoms with E-state index in [1.807, 2.05) is 20.8 Å². The summed E-state index contributed by atoms with van der Waals surface area (Å²) in [6.45, 7) is 5.63. The van der Waals surface area contributed by atoms with E-state index in [0.29, 0.717) is 6.42 Å². The molecular weight excluding hydrogens is 282 g/mol. The van der Waals surface area contributed by atoms with Crippen LogP contribution in [0.15, 0.2) is 0 Å². The van der Waals surface area contributed by atoms with Gasteiger partial charge < -0.3 is 10.4 Å². The zero-order valence-corrected chi connectivity index (χ0v) is 13.2. The Hall–Kier alpha value is -1.11. The molecule has 0 aromatic heterocycles. The highest BCUT2D eigenvalue weighted by atomic mass is 32.2. The third kappa shape index (κ3) is 8.90. The van der Waals surface area contributed by atoms with Crippen molar-refractivity contribution in [1.29, 1.82) is 0 Å². The van der Waals surface area contributed by atoms with E-state index in [1.165, 1.54) is 0 Å². The van der Waals surface area contributed by atoms with E-state index >= 15 is 0 Å². The van der Waals surface area contributed by atoms with E-state index in [9.17, 15) is 18.0 Å². The van der Waals surface area contributed by atoms with Gasteiger partial charge in [0.1, 0.15) is 11.8 Å². The molecule has 0 saturated heterocycles. The Labute approximate surface area is 120 Å². The van der Waals surface area contributed by atoms with Crippen molar-refractivity contribution in [2.45, 2.75) is 52.5 Å². The summed E-state index contributed by atoms with van der Waals surface area (Å²) in [5, 5.41) is 11.3. The van der Waals surface area contributed by atoms with E-state index in [1.54, 1.807) is 0 Å². The Balaban J connectivity index is 4.41. The topological polar surface area (TPSA) is 101 Å². The molecule has 0 unspecified atom stereocenters. The maximum Gasteiger partial charge on any atom is 0.326 e. The normalized spacial score (nSPS) is 13.2. The number of aliphatic carboxylic acids is 1. The number of rotatable bonds is 10. The second-order valence-electron chi connectivity index (χ2n) is 5.39. The summed E-state index contributed by atoms with van der Waals surface area (Å²) in [6, 6.07) is -1.03. The predicted molar refractivity (Wildman–Crippen MR) is 77.2 cm³/mol. The van der Waals surface area contributed by atoms with Crippen molar-refractivity contribution in [2.75, 3.05) is 11.5 Å². The second-order valence-corrected chi connectivity index (χ2v) is 7.57. The van der Waals surface area contributed by atoms with Gasteiger partial charge in [0.15, 0.2) is 9.84 Å². The van der Waals surface area contributed by atoms with Gasteiger partial charge in [-0.15, -0.1) is 0 Å². The fraction of sp³-hybridized carbons (Fsp3) is 0.846. The molecule has 0 radical (unpaired) electrons. The van der Waals surface area contributed by atoms with E-state index in [-0.39, 0.29) is 18.1 Å². The van der Waals surface area contributed by atoms with E-state index < -0.39 is 33.5 Å². The number of amides is 1. The van der Waals surface area contributed by atoms with Crippen LogP contribution >= 0.6 is 0 Å². The number of carboxylic acid groups (broad SMARTS) is 1. The molecule has 0 heterocycles. The van der Waals surface area contributed by atoms with Crippen molar-refractivity contribution in [3.05, 3.63) is 0 Å². The Morgan fingerprint density at radius 2 is 1.80 bits per heavy atom. The number of nitrogens with one attached hydrogen (secondary N) is 1. The molecule has 0 fully saturated rings. The largest absolute Gasteiger partial charge is 0.480 e. The molecule has 118 valence electrons. The Kier molecular flexibility index (Phi) is 8.45. The van der Waals surface area contributed by atoms with Gasteiger partial charge in [-0.1, -0.05) is 33.6 Å².